The summed E-state index contributed by atoms with van der Waals surface area (Å²) in [6.07, 6.45) is -12.4. The smallest absolute Gasteiger partial charge is 0.430 e. The Morgan fingerprint density at radius 2 is 1.65 bits per heavy atom. The molecule has 3 N–H and O–H groups in total. The van der Waals surface area contributed by atoms with E-state index in [0.29, 0.717) is 74.6 Å². The molecule has 0 saturated carbocycles. The maximum Gasteiger partial charge on any atom is 0.430 e. The minimum Gasteiger partial charge on any atom is -0.486 e. The van der Waals surface area contributed by atoms with Gasteiger partial charge in [0, 0.05) is 50.0 Å². The molecule has 0 spiro atoms. The van der Waals surface area contributed by atoms with Gasteiger partial charge in [0.2, 0.25) is 0 Å². The lowest BCUT2D eigenvalue weighted by molar-refractivity contribution is -0.376. The maximum atomic E-state index is 13.5. The van der Waals surface area contributed by atoms with Gasteiger partial charge in [-0.05, 0) is 49.6 Å². The van der Waals surface area contributed by atoms with Crippen molar-refractivity contribution >= 4 is 11.7 Å². The lowest BCUT2D eigenvalue weighted by atomic mass is 9.89. The summed E-state index contributed by atoms with van der Waals surface area (Å²) in [4.78, 5) is 18.3. The van der Waals surface area contributed by atoms with Crippen molar-refractivity contribution in [3.05, 3.63) is 53.1 Å². The highest BCUT2D eigenvalue weighted by Gasteiger charge is 2.71. The second kappa shape index (κ2) is 12.3. The number of aliphatic hydroxyl groups is 2. The number of aliphatic hydroxyl groups excluding tert-OH is 1. The van der Waals surface area contributed by atoms with Crippen LogP contribution in [0.3, 0.4) is 0 Å². The zero-order valence-electron chi connectivity index (χ0n) is 25.7. The van der Waals surface area contributed by atoms with Crippen LogP contribution in [0.25, 0.3) is 0 Å². The van der Waals surface area contributed by atoms with Gasteiger partial charge in [-0.1, -0.05) is 31.5 Å². The number of aryl methyl sites for hydroxylation is 1. The van der Waals surface area contributed by atoms with Crippen LogP contribution in [0.2, 0.25) is 0 Å². The van der Waals surface area contributed by atoms with Gasteiger partial charge in [0.25, 0.3) is 5.60 Å². The normalized spacial score (nSPS) is 24.4. The van der Waals surface area contributed by atoms with E-state index in [2.05, 4.69) is 10.2 Å². The summed E-state index contributed by atoms with van der Waals surface area (Å²) in [5.41, 5.74) is -5.92. The summed E-state index contributed by atoms with van der Waals surface area (Å²) in [5.74, 6) is 1.12. The van der Waals surface area contributed by atoms with Gasteiger partial charge in [-0.15, -0.1) is 0 Å². The lowest BCUT2D eigenvalue weighted by Crippen LogP contribution is -2.55. The number of benzene rings is 2. The number of fused-ring (bicyclic) bond motifs is 1. The van der Waals surface area contributed by atoms with Crippen molar-refractivity contribution in [3.8, 4) is 11.5 Å². The fourth-order valence-electron chi connectivity index (χ4n) is 6.48. The SMILES string of the molecule is CCCc1cc(C(O)(C(F)(F)F)C(F)(F)F)ccc1N1CCN(CCN2C(=O)NC(C)(c3ccc4c(c3)OCCO4)C2O)C[C@H]1C. The molecule has 2 unspecified atom stereocenters. The van der Waals surface area contributed by atoms with Crippen molar-refractivity contribution in [1.29, 1.82) is 0 Å². The molecule has 3 aliphatic heterocycles. The van der Waals surface area contributed by atoms with E-state index in [0.717, 1.165) is 6.07 Å². The van der Waals surface area contributed by atoms with Crippen molar-refractivity contribution in [2.45, 2.75) is 69.4 Å². The molecule has 3 heterocycles. The van der Waals surface area contributed by atoms with E-state index in [1.54, 1.807) is 32.0 Å². The Balaban J connectivity index is 1.26. The number of anilines is 1. The Hall–Kier alpha value is -3.43. The Kier molecular flexibility index (Phi) is 9.07. The molecule has 0 aromatic heterocycles. The molecule has 0 bridgehead atoms. The number of hydrogen-bond donors (Lipinski definition) is 3. The fourth-order valence-corrected chi connectivity index (χ4v) is 6.48. The quantitative estimate of drug-likeness (QED) is 0.359. The fraction of sp³-hybridized carbons (Fsp3) is 0.581. The van der Waals surface area contributed by atoms with Gasteiger partial charge in [-0.3, -0.25) is 9.80 Å². The number of amides is 2. The highest BCUT2D eigenvalue weighted by molar-refractivity contribution is 5.79. The summed E-state index contributed by atoms with van der Waals surface area (Å²) in [6, 6.07) is 7.37. The van der Waals surface area contributed by atoms with E-state index < -0.39 is 41.3 Å². The second-order valence-electron chi connectivity index (χ2n) is 12.2. The number of nitrogens with zero attached hydrogens (tertiary/aromatic N) is 3. The van der Waals surface area contributed by atoms with Crippen molar-refractivity contribution in [2.75, 3.05) is 50.8 Å². The van der Waals surface area contributed by atoms with Gasteiger partial charge < -0.3 is 29.9 Å². The first-order chi connectivity index (χ1) is 21.5. The van der Waals surface area contributed by atoms with Gasteiger partial charge in [-0.25, -0.2) is 4.79 Å². The van der Waals surface area contributed by atoms with E-state index in [-0.39, 0.29) is 24.6 Å². The minimum absolute atomic E-state index is 0.181. The number of rotatable bonds is 8. The number of hydrogen-bond acceptors (Lipinski definition) is 7. The Labute approximate surface area is 262 Å². The highest BCUT2D eigenvalue weighted by Crippen LogP contribution is 2.50. The average Bonchev–Trinajstić information content (AvgIpc) is 3.22. The number of carbonyl (C=O) groups excluding carboxylic acids is 1. The summed E-state index contributed by atoms with van der Waals surface area (Å²) < 4.78 is 92.5. The van der Waals surface area contributed by atoms with E-state index in [9.17, 15) is 41.4 Å². The van der Waals surface area contributed by atoms with Crippen LogP contribution in [-0.2, 0) is 17.6 Å². The van der Waals surface area contributed by atoms with Gasteiger partial charge >= 0.3 is 18.4 Å². The van der Waals surface area contributed by atoms with Gasteiger partial charge in [0.15, 0.2) is 17.7 Å². The topological polar surface area (TPSA) is 97.7 Å². The van der Waals surface area contributed by atoms with Crippen LogP contribution in [-0.4, -0.2) is 96.6 Å². The van der Waals surface area contributed by atoms with Gasteiger partial charge in [-0.2, -0.15) is 26.3 Å². The van der Waals surface area contributed by atoms with Crippen LogP contribution < -0.4 is 19.7 Å². The zero-order chi connectivity index (χ0) is 33.7. The molecule has 15 heteroatoms. The Morgan fingerprint density at radius 1 is 0.978 bits per heavy atom. The third-order valence-electron chi connectivity index (χ3n) is 9.10. The van der Waals surface area contributed by atoms with Crippen molar-refractivity contribution in [3.63, 3.8) is 0 Å². The summed E-state index contributed by atoms with van der Waals surface area (Å²) in [7, 11) is 0. The van der Waals surface area contributed by atoms with E-state index in [1.807, 2.05) is 11.8 Å². The van der Waals surface area contributed by atoms with Crippen LogP contribution in [0, 0.1) is 0 Å². The second-order valence-corrected chi connectivity index (χ2v) is 12.2. The lowest BCUT2D eigenvalue weighted by Gasteiger charge is -2.43. The zero-order valence-corrected chi connectivity index (χ0v) is 25.7. The van der Waals surface area contributed by atoms with E-state index in [1.165, 1.54) is 11.0 Å². The van der Waals surface area contributed by atoms with Crippen LogP contribution in [0.5, 0.6) is 11.5 Å². The van der Waals surface area contributed by atoms with Crippen molar-refractivity contribution in [1.82, 2.24) is 15.1 Å². The molecular formula is C31H38F6N4O5. The molecule has 46 heavy (non-hydrogen) atoms. The first-order valence-corrected chi connectivity index (χ1v) is 15.2. The molecule has 0 radical (unpaired) electrons. The summed E-state index contributed by atoms with van der Waals surface area (Å²) in [6.45, 7) is 8.26. The predicted octanol–water partition coefficient (Wildman–Crippen LogP) is 4.49. The Bertz CT molecular complexity index is 1430. The first kappa shape index (κ1) is 33.9. The molecular weight excluding hydrogens is 622 g/mol. The average molecular weight is 661 g/mol. The Morgan fingerprint density at radius 3 is 2.28 bits per heavy atom. The standard InChI is InChI=1S/C31H38F6N4O5/c1-4-5-20-16-22(29(44,30(32,33)34)31(35,36)37)6-8-23(20)40-12-10-39(18-19(40)2)11-13-41-26(42)28(3,38-27(41)43)21-7-9-24-25(17-21)46-15-14-45-24/h6-9,16-17,19,26,42,44H,4-5,10-15,18H2,1-3H3,(H,38,43)/t19-,26?,28?/m1/s1. The molecule has 0 aliphatic carbocycles. The number of ether oxygens (including phenoxy) is 2. The molecule has 5 rings (SSSR count). The number of urea groups is 1. The maximum absolute atomic E-state index is 13.5. The third kappa shape index (κ3) is 5.92. The summed E-state index contributed by atoms with van der Waals surface area (Å²) in [5, 5.41) is 24.1. The van der Waals surface area contributed by atoms with Gasteiger partial charge in [0.1, 0.15) is 18.8 Å². The molecule has 3 atom stereocenters. The molecule has 2 amide bonds. The number of piperazine rings is 1. The molecule has 2 fully saturated rings. The monoisotopic (exact) mass is 660 g/mol. The van der Waals surface area contributed by atoms with Crippen LogP contribution in [0.15, 0.2) is 36.4 Å². The number of alkyl halides is 6. The molecule has 3 aliphatic rings. The third-order valence-corrected chi connectivity index (χ3v) is 9.10. The van der Waals surface area contributed by atoms with Crippen LogP contribution in [0.4, 0.5) is 36.8 Å². The van der Waals surface area contributed by atoms with Crippen molar-refractivity contribution < 1.29 is 50.8 Å². The van der Waals surface area contributed by atoms with E-state index in [4.69, 9.17) is 9.47 Å². The number of carbonyl (C=O) groups is 1. The number of nitrogens with one attached hydrogen (secondary N) is 1. The van der Waals surface area contributed by atoms with Crippen LogP contribution >= 0.6 is 0 Å². The molecule has 2 aromatic carbocycles. The molecule has 254 valence electrons. The molecule has 2 saturated heterocycles. The molecule has 9 nitrogen and oxygen atoms in total. The van der Waals surface area contributed by atoms with Crippen molar-refractivity contribution in [2.24, 2.45) is 0 Å². The van der Waals surface area contributed by atoms with Gasteiger partial charge in [0.05, 0.1) is 0 Å². The van der Waals surface area contributed by atoms with Crippen LogP contribution in [0.1, 0.15) is 43.9 Å². The predicted molar refractivity (Wildman–Crippen MR) is 156 cm³/mol. The summed E-state index contributed by atoms with van der Waals surface area (Å²) >= 11 is 0. The molecule has 2 aromatic rings. The van der Waals surface area contributed by atoms with E-state index >= 15 is 0 Å². The first-order valence-electron chi connectivity index (χ1n) is 15.2. The largest absolute Gasteiger partial charge is 0.486 e. The number of halogens is 6. The minimum atomic E-state index is -5.96. The highest BCUT2D eigenvalue weighted by atomic mass is 19.4.